The summed E-state index contributed by atoms with van der Waals surface area (Å²) in [5.41, 5.74) is 33.4. The van der Waals surface area contributed by atoms with Crippen LogP contribution in [0, 0.1) is 0 Å². The van der Waals surface area contributed by atoms with Crippen LogP contribution in [0.2, 0.25) is 0 Å². The van der Waals surface area contributed by atoms with E-state index in [4.69, 9.17) is 0 Å². The number of benzene rings is 9. The lowest BCUT2D eigenvalue weighted by Gasteiger charge is -2.59. The lowest BCUT2D eigenvalue weighted by atomic mass is 9.28. The van der Waals surface area contributed by atoms with E-state index in [0.717, 1.165) is 0 Å². The second-order valence-corrected chi connectivity index (χ2v) is 20.9. The molecule has 0 fully saturated rings. The monoisotopic (exact) mass is 823 g/mol. The van der Waals surface area contributed by atoms with Gasteiger partial charge in [0.25, 0.3) is 0 Å². The Morgan fingerprint density at radius 1 is 0.338 bits per heavy atom. The first-order chi connectivity index (χ1) is 31.8. The Labute approximate surface area is 381 Å². The second kappa shape index (κ2) is 11.4. The van der Waals surface area contributed by atoms with Crippen molar-refractivity contribution in [2.24, 2.45) is 0 Å². The molecule has 0 radical (unpaired) electrons. The first-order valence-electron chi connectivity index (χ1n) is 23.7. The third-order valence-corrected chi connectivity index (χ3v) is 17.7. The van der Waals surface area contributed by atoms with E-state index in [-0.39, 0.29) is 30.2 Å². The van der Waals surface area contributed by atoms with Crippen molar-refractivity contribution < 1.29 is 0 Å². The van der Waals surface area contributed by atoms with Gasteiger partial charge >= 0.3 is 0 Å². The maximum atomic E-state index is 2.80. The topological polar surface area (TPSA) is 3.24 Å². The van der Waals surface area contributed by atoms with Crippen LogP contribution in [0.1, 0.15) is 94.8 Å². The number of hydrogen-bond acceptors (Lipinski definition) is 1. The maximum absolute atomic E-state index is 2.80. The summed E-state index contributed by atoms with van der Waals surface area (Å²) in [5.74, 6) is 0.172. The van der Waals surface area contributed by atoms with Crippen molar-refractivity contribution in [3.8, 4) is 22.3 Å². The zero-order chi connectivity index (χ0) is 42.9. The fraction of sp³-hybridized carbons (Fsp3) is 0.129. The summed E-state index contributed by atoms with van der Waals surface area (Å²) in [4.78, 5) is 2.80. The Balaban J connectivity index is 1.09. The standard InChI is InChI=1S/C62H43B2N/c1-60(2)40-21-9-5-17-35(40)54-44(60)25-13-28-47(54)63-49-30-15-27-46-57(49)65-58-50(63)31-16-32-51(58)64(48-29-14-26-45-55(48)36-18-6-10-22-41(36)61(45,3)4)52-34-33-39-53-37-19-7-11-23-42(37)62(46,56(39)59(52)65)43-24-12-8-20-38(43)53/h5-34,53H,1-4H3. The van der Waals surface area contributed by atoms with Crippen molar-refractivity contribution in [3.05, 3.63) is 243 Å². The van der Waals surface area contributed by atoms with Crippen LogP contribution < -0.4 is 37.7 Å². The summed E-state index contributed by atoms with van der Waals surface area (Å²) in [6.07, 6.45) is 0. The van der Waals surface area contributed by atoms with E-state index in [1.165, 1.54) is 133 Å². The average Bonchev–Trinajstić information content (AvgIpc) is 3.73. The van der Waals surface area contributed by atoms with E-state index in [2.05, 4.69) is 215 Å². The quantitative estimate of drug-likeness (QED) is 0.157. The van der Waals surface area contributed by atoms with Gasteiger partial charge in [-0.3, -0.25) is 0 Å². The highest BCUT2D eigenvalue weighted by molar-refractivity contribution is 7.03. The number of anilines is 3. The molecule has 0 amide bonds. The normalized spacial score (nSPS) is 19.8. The number of fused-ring (bicyclic) bond motifs is 6. The molecule has 65 heavy (non-hydrogen) atoms. The fourth-order valence-electron chi connectivity index (χ4n) is 15.3. The summed E-state index contributed by atoms with van der Waals surface area (Å²) in [6.45, 7) is 9.73. The molecule has 5 aliphatic carbocycles. The molecular weight excluding hydrogens is 780 g/mol. The highest BCUT2D eigenvalue weighted by Crippen LogP contribution is 2.68. The largest absolute Gasteiger partial charge is 0.312 e. The minimum atomic E-state index is -0.482. The molecule has 0 aromatic heterocycles. The lowest BCUT2D eigenvalue weighted by Crippen LogP contribution is -2.67. The van der Waals surface area contributed by atoms with Crippen molar-refractivity contribution in [1.29, 1.82) is 0 Å². The summed E-state index contributed by atoms with van der Waals surface area (Å²) >= 11 is 0. The molecule has 1 spiro atoms. The van der Waals surface area contributed by atoms with Gasteiger partial charge in [-0.2, -0.15) is 0 Å². The molecule has 3 heteroatoms. The highest BCUT2D eigenvalue weighted by atomic mass is 15.2. The molecular formula is C62H43B2N. The molecule has 302 valence electrons. The summed E-state index contributed by atoms with van der Waals surface area (Å²) in [6, 6.07) is 71.7. The molecule has 0 saturated carbocycles. The lowest BCUT2D eigenvalue weighted by molar-refractivity contribution is 0.623. The van der Waals surface area contributed by atoms with Crippen molar-refractivity contribution >= 4 is 63.3 Å². The van der Waals surface area contributed by atoms with Crippen LogP contribution in [0.25, 0.3) is 22.3 Å². The number of para-hydroxylation sites is 2. The van der Waals surface area contributed by atoms with Crippen LogP contribution in [0.5, 0.6) is 0 Å². The summed E-state index contributed by atoms with van der Waals surface area (Å²) < 4.78 is 0. The predicted molar refractivity (Wildman–Crippen MR) is 271 cm³/mol. The molecule has 3 heterocycles. The van der Waals surface area contributed by atoms with Gasteiger partial charge in [0, 0.05) is 33.8 Å². The van der Waals surface area contributed by atoms with E-state index >= 15 is 0 Å². The first kappa shape index (κ1) is 35.3. The van der Waals surface area contributed by atoms with E-state index in [1.54, 1.807) is 0 Å². The van der Waals surface area contributed by atoms with Crippen LogP contribution in [-0.2, 0) is 16.2 Å². The third kappa shape index (κ3) is 3.75. The SMILES string of the molecule is CC1(C)c2ccccc2-c2c(B3c4cccc5c4N4c6c3cccc6C36c7ccccc7C(c7ccccc73)c3ccc(c4c36)B5c3cccc4c3-c3ccccc3C4(C)C)cccc21. The van der Waals surface area contributed by atoms with Gasteiger partial charge in [-0.05, 0) is 105 Å². The Bertz CT molecular complexity index is 3660. The minimum absolute atomic E-state index is 0.0166. The molecule has 8 aliphatic rings. The first-order valence-corrected chi connectivity index (χ1v) is 23.7. The summed E-state index contributed by atoms with van der Waals surface area (Å²) in [7, 11) is 0. The highest BCUT2D eigenvalue weighted by Gasteiger charge is 2.61. The van der Waals surface area contributed by atoms with Crippen LogP contribution in [0.3, 0.4) is 0 Å². The van der Waals surface area contributed by atoms with Gasteiger partial charge in [0.1, 0.15) is 0 Å². The maximum Gasteiger partial charge on any atom is 0.247 e. The molecule has 0 N–H and O–H groups in total. The van der Waals surface area contributed by atoms with E-state index in [0.29, 0.717) is 0 Å². The van der Waals surface area contributed by atoms with E-state index in [1.807, 2.05) is 0 Å². The summed E-state index contributed by atoms with van der Waals surface area (Å²) in [5, 5.41) is 0. The Morgan fingerprint density at radius 3 is 1.31 bits per heavy atom. The zero-order valence-corrected chi connectivity index (χ0v) is 37.0. The van der Waals surface area contributed by atoms with Crippen LogP contribution in [0.15, 0.2) is 182 Å². The van der Waals surface area contributed by atoms with E-state index < -0.39 is 5.41 Å². The van der Waals surface area contributed by atoms with Crippen molar-refractivity contribution in [1.82, 2.24) is 0 Å². The average molecular weight is 824 g/mol. The smallest absolute Gasteiger partial charge is 0.247 e. The van der Waals surface area contributed by atoms with Crippen molar-refractivity contribution in [2.75, 3.05) is 4.90 Å². The minimum Gasteiger partial charge on any atom is -0.312 e. The molecule has 9 aromatic rings. The van der Waals surface area contributed by atoms with Crippen molar-refractivity contribution in [3.63, 3.8) is 0 Å². The van der Waals surface area contributed by atoms with Gasteiger partial charge in [-0.15, -0.1) is 0 Å². The number of nitrogens with zero attached hydrogens (tertiary/aromatic N) is 1. The van der Waals surface area contributed by atoms with Gasteiger partial charge in [-0.1, -0.05) is 221 Å². The molecule has 3 aliphatic heterocycles. The third-order valence-electron chi connectivity index (χ3n) is 17.7. The van der Waals surface area contributed by atoms with Crippen LogP contribution >= 0.6 is 0 Å². The second-order valence-electron chi connectivity index (χ2n) is 20.9. The number of hydrogen-bond donors (Lipinski definition) is 0. The van der Waals surface area contributed by atoms with Gasteiger partial charge in [-0.25, -0.2) is 0 Å². The Morgan fingerprint density at radius 2 is 0.754 bits per heavy atom. The van der Waals surface area contributed by atoms with Crippen LogP contribution in [-0.4, -0.2) is 13.4 Å². The fourth-order valence-corrected chi connectivity index (χ4v) is 15.3. The van der Waals surface area contributed by atoms with Gasteiger partial charge in [0.15, 0.2) is 0 Å². The van der Waals surface area contributed by atoms with Gasteiger partial charge in [0.05, 0.1) is 5.41 Å². The predicted octanol–water partition coefficient (Wildman–Crippen LogP) is 9.93. The Kier molecular flexibility index (Phi) is 6.19. The molecule has 2 bridgehead atoms. The zero-order valence-electron chi connectivity index (χ0n) is 37.0. The Hall–Kier alpha value is -7.09. The molecule has 9 aromatic carbocycles. The molecule has 17 rings (SSSR count). The molecule has 1 nitrogen and oxygen atoms in total. The van der Waals surface area contributed by atoms with Crippen molar-refractivity contribution in [2.45, 2.75) is 49.9 Å². The number of rotatable bonds is 2. The molecule has 0 atom stereocenters. The van der Waals surface area contributed by atoms with Gasteiger partial charge in [0.2, 0.25) is 13.4 Å². The molecule has 0 unspecified atom stereocenters. The van der Waals surface area contributed by atoms with Crippen LogP contribution in [0.4, 0.5) is 17.1 Å². The van der Waals surface area contributed by atoms with E-state index in [9.17, 15) is 0 Å². The van der Waals surface area contributed by atoms with Gasteiger partial charge < -0.3 is 4.90 Å². The molecule has 0 saturated heterocycles.